The zero-order chi connectivity index (χ0) is 21.0. The lowest BCUT2D eigenvalue weighted by Gasteiger charge is -2.14. The molecule has 10 nitrogen and oxygen atoms in total. The average molecular weight is 400 g/mol. The Hall–Kier alpha value is -3.56. The number of likely N-dealkylation sites (tertiary alicyclic amines) is 1. The summed E-state index contributed by atoms with van der Waals surface area (Å²) in [6.07, 6.45) is 5.15. The summed E-state index contributed by atoms with van der Waals surface area (Å²) < 4.78 is 0. The molecule has 29 heavy (non-hydrogen) atoms. The Balaban J connectivity index is 1.48. The van der Waals surface area contributed by atoms with Gasteiger partial charge in [0.25, 0.3) is 5.69 Å². The summed E-state index contributed by atoms with van der Waals surface area (Å²) in [7, 11) is 0. The van der Waals surface area contributed by atoms with Crippen molar-refractivity contribution in [2.24, 2.45) is 22.7 Å². The van der Waals surface area contributed by atoms with Crippen molar-refractivity contribution in [1.82, 2.24) is 4.90 Å². The zero-order valence-corrected chi connectivity index (χ0v) is 15.5. The van der Waals surface area contributed by atoms with Crippen LogP contribution in [0.2, 0.25) is 0 Å². The predicted molar refractivity (Wildman–Crippen MR) is 101 cm³/mol. The lowest BCUT2D eigenvalue weighted by molar-refractivity contribution is -0.384. The Morgan fingerprint density at radius 3 is 2.52 bits per heavy atom. The fourth-order valence-corrected chi connectivity index (χ4v) is 3.45. The number of oxime groups is 1. The van der Waals surface area contributed by atoms with E-state index in [1.54, 1.807) is 0 Å². The molecular weight excluding hydrogens is 380 g/mol. The quantitative estimate of drug-likeness (QED) is 0.139. The summed E-state index contributed by atoms with van der Waals surface area (Å²) >= 11 is 0. The van der Waals surface area contributed by atoms with Crippen LogP contribution in [0.5, 0.6) is 0 Å². The van der Waals surface area contributed by atoms with Gasteiger partial charge in [-0.1, -0.05) is 29.4 Å². The third kappa shape index (κ3) is 4.48. The number of fused-ring (bicyclic) bond motifs is 1. The molecule has 2 aliphatic rings. The third-order valence-corrected chi connectivity index (χ3v) is 4.96. The standard InChI is InChI=1S/C19H20N4O6/c20-17(12-5-3-6-13(11-12)23(27)28)21-29-16(24)9-4-10-22-18(25)14-7-1-2-8-15(14)19(22)26/h1-3,5-6,11,14-15H,4,7-10H2,(H2,20,21)/t14-,15-/m0/s1. The Morgan fingerprint density at radius 2 is 1.90 bits per heavy atom. The van der Waals surface area contributed by atoms with Crippen LogP contribution >= 0.6 is 0 Å². The maximum atomic E-state index is 12.3. The summed E-state index contributed by atoms with van der Waals surface area (Å²) in [5, 5.41) is 14.3. The van der Waals surface area contributed by atoms with Crippen LogP contribution in [0.15, 0.2) is 41.6 Å². The van der Waals surface area contributed by atoms with Crippen molar-refractivity contribution in [2.45, 2.75) is 25.7 Å². The number of benzene rings is 1. The predicted octanol–water partition coefficient (Wildman–Crippen LogP) is 1.49. The molecule has 1 heterocycles. The number of carbonyl (C=O) groups is 3. The molecule has 3 rings (SSSR count). The molecule has 1 fully saturated rings. The summed E-state index contributed by atoms with van der Waals surface area (Å²) in [6, 6.07) is 5.45. The Labute approximate surface area is 166 Å². The molecule has 1 aromatic carbocycles. The van der Waals surface area contributed by atoms with Crippen molar-refractivity contribution in [3.8, 4) is 0 Å². The van der Waals surface area contributed by atoms with Crippen LogP contribution in [-0.2, 0) is 19.2 Å². The van der Waals surface area contributed by atoms with E-state index in [1.165, 1.54) is 29.2 Å². The van der Waals surface area contributed by atoms with E-state index in [2.05, 4.69) is 5.16 Å². The number of rotatable bonds is 7. The summed E-state index contributed by atoms with van der Waals surface area (Å²) in [4.78, 5) is 52.7. The smallest absolute Gasteiger partial charge is 0.335 e. The van der Waals surface area contributed by atoms with E-state index in [1.807, 2.05) is 12.2 Å². The van der Waals surface area contributed by atoms with Gasteiger partial charge in [0.1, 0.15) is 0 Å². The molecule has 1 aromatic rings. The first-order valence-electron chi connectivity index (χ1n) is 9.17. The molecular formula is C19H20N4O6. The van der Waals surface area contributed by atoms with Gasteiger partial charge in [-0.2, -0.15) is 0 Å². The second kappa shape index (κ2) is 8.63. The van der Waals surface area contributed by atoms with E-state index in [4.69, 9.17) is 10.6 Å². The van der Waals surface area contributed by atoms with Gasteiger partial charge in [-0.25, -0.2) is 4.79 Å². The molecule has 0 radical (unpaired) electrons. The normalized spacial score (nSPS) is 21.2. The van der Waals surface area contributed by atoms with Crippen LogP contribution in [0.1, 0.15) is 31.2 Å². The van der Waals surface area contributed by atoms with Gasteiger partial charge in [-0.3, -0.25) is 24.6 Å². The van der Waals surface area contributed by atoms with Crippen molar-refractivity contribution in [3.63, 3.8) is 0 Å². The number of amidine groups is 1. The molecule has 2 N–H and O–H groups in total. The molecule has 0 unspecified atom stereocenters. The van der Waals surface area contributed by atoms with Gasteiger partial charge >= 0.3 is 5.97 Å². The largest absolute Gasteiger partial charge is 0.380 e. The molecule has 2 amide bonds. The molecule has 0 spiro atoms. The zero-order valence-electron chi connectivity index (χ0n) is 15.5. The number of non-ortho nitro benzene ring substituents is 1. The van der Waals surface area contributed by atoms with Gasteiger partial charge in [0.05, 0.1) is 16.8 Å². The monoisotopic (exact) mass is 400 g/mol. The minimum Gasteiger partial charge on any atom is -0.380 e. The lowest BCUT2D eigenvalue weighted by atomic mass is 9.85. The highest BCUT2D eigenvalue weighted by Crippen LogP contribution is 2.35. The summed E-state index contributed by atoms with van der Waals surface area (Å²) in [5.41, 5.74) is 5.77. The second-order valence-electron chi connectivity index (χ2n) is 6.83. The van der Waals surface area contributed by atoms with Gasteiger partial charge < -0.3 is 10.6 Å². The molecule has 10 heteroatoms. The van der Waals surface area contributed by atoms with Crippen molar-refractivity contribution < 1.29 is 24.1 Å². The van der Waals surface area contributed by atoms with Gasteiger partial charge in [-0.05, 0) is 19.3 Å². The van der Waals surface area contributed by atoms with Crippen molar-refractivity contribution in [3.05, 3.63) is 52.1 Å². The number of nitro groups is 1. The number of hydrogen-bond acceptors (Lipinski definition) is 7. The fraction of sp³-hybridized carbons (Fsp3) is 0.368. The number of allylic oxidation sites excluding steroid dienone is 2. The molecule has 0 bridgehead atoms. The highest BCUT2D eigenvalue weighted by Gasteiger charge is 2.46. The number of amides is 2. The van der Waals surface area contributed by atoms with Gasteiger partial charge in [0.2, 0.25) is 11.8 Å². The van der Waals surface area contributed by atoms with E-state index in [9.17, 15) is 24.5 Å². The van der Waals surface area contributed by atoms with Crippen molar-refractivity contribution in [2.75, 3.05) is 6.54 Å². The lowest BCUT2D eigenvalue weighted by Crippen LogP contribution is -2.32. The van der Waals surface area contributed by atoms with Crippen LogP contribution in [0.3, 0.4) is 0 Å². The van der Waals surface area contributed by atoms with E-state index in [0.717, 1.165) is 0 Å². The van der Waals surface area contributed by atoms with Crippen LogP contribution in [0, 0.1) is 22.0 Å². The van der Waals surface area contributed by atoms with E-state index < -0.39 is 10.9 Å². The first kappa shape index (κ1) is 20.2. The minimum absolute atomic E-state index is 0.0592. The number of imide groups is 1. The number of hydrogen-bond donors (Lipinski definition) is 1. The molecule has 1 saturated heterocycles. The highest BCUT2D eigenvalue weighted by atomic mass is 16.7. The summed E-state index contributed by atoms with van der Waals surface area (Å²) in [6.45, 7) is 0.143. The van der Waals surface area contributed by atoms with Gasteiger partial charge in [0, 0.05) is 30.7 Å². The Morgan fingerprint density at radius 1 is 1.24 bits per heavy atom. The van der Waals surface area contributed by atoms with E-state index >= 15 is 0 Å². The van der Waals surface area contributed by atoms with Crippen molar-refractivity contribution in [1.29, 1.82) is 0 Å². The molecule has 152 valence electrons. The van der Waals surface area contributed by atoms with E-state index in [0.29, 0.717) is 12.8 Å². The van der Waals surface area contributed by atoms with Crippen LogP contribution in [0.4, 0.5) is 5.69 Å². The molecule has 1 aliphatic heterocycles. The van der Waals surface area contributed by atoms with Gasteiger partial charge in [0.15, 0.2) is 5.84 Å². The van der Waals surface area contributed by atoms with Crippen molar-refractivity contribution >= 4 is 29.3 Å². The first-order valence-corrected chi connectivity index (χ1v) is 9.17. The number of nitrogens with zero attached hydrogens (tertiary/aromatic N) is 3. The van der Waals surface area contributed by atoms with Crippen LogP contribution in [-0.4, -0.2) is 40.0 Å². The number of nitrogens with two attached hydrogens (primary N) is 1. The first-order chi connectivity index (χ1) is 13.9. The van der Waals surface area contributed by atoms with E-state index in [-0.39, 0.29) is 60.1 Å². The van der Waals surface area contributed by atoms with Crippen LogP contribution in [0.25, 0.3) is 0 Å². The Kier molecular flexibility index (Phi) is 6.01. The highest BCUT2D eigenvalue weighted by molar-refractivity contribution is 6.05. The SMILES string of the molecule is N/C(=N\OC(=O)CCCN1C(=O)[C@H]2CC=CC[C@@H]2C1=O)c1cccc([N+](=O)[O-])c1. The van der Waals surface area contributed by atoms with Gasteiger partial charge in [-0.15, -0.1) is 0 Å². The molecule has 0 saturated carbocycles. The maximum absolute atomic E-state index is 12.3. The maximum Gasteiger partial charge on any atom is 0.335 e. The molecule has 2 atom stereocenters. The second-order valence-corrected chi connectivity index (χ2v) is 6.83. The molecule has 0 aromatic heterocycles. The average Bonchev–Trinajstić information content (AvgIpc) is 2.97. The Bertz CT molecular complexity index is 884. The fourth-order valence-electron chi connectivity index (χ4n) is 3.45. The summed E-state index contributed by atoms with van der Waals surface area (Å²) in [5.74, 6) is -1.83. The topological polar surface area (TPSA) is 145 Å². The molecule has 1 aliphatic carbocycles. The number of nitro benzene ring substituents is 1. The third-order valence-electron chi connectivity index (χ3n) is 4.96. The minimum atomic E-state index is -0.684. The number of carbonyl (C=O) groups excluding carboxylic acids is 3. The van der Waals surface area contributed by atoms with Crippen LogP contribution < -0.4 is 5.73 Å².